The lowest BCUT2D eigenvalue weighted by Gasteiger charge is -2.32. The Morgan fingerprint density at radius 1 is 1.43 bits per heavy atom. The fourth-order valence-electron chi connectivity index (χ4n) is 1.98. The maximum absolute atomic E-state index is 12.1. The standard InChI is InChI=1S/C15H21N3O4S/c1-15(2)14(21)17-10(8-23-15)12(19)16-7-9-5-6-11(22-9)13(20)18(3)4/h5-6,10H,7-8H2,1-4H3,(H,16,19)(H,17,21)/t10-/m0/s1. The molecule has 0 aliphatic carbocycles. The van der Waals surface area contributed by atoms with Crippen LogP contribution >= 0.6 is 11.8 Å². The first-order valence-electron chi connectivity index (χ1n) is 7.23. The highest BCUT2D eigenvalue weighted by Gasteiger charge is 2.37. The van der Waals surface area contributed by atoms with Crippen LogP contribution in [0.2, 0.25) is 0 Å². The van der Waals surface area contributed by atoms with Gasteiger partial charge in [0.2, 0.25) is 11.8 Å². The van der Waals surface area contributed by atoms with Crippen molar-refractivity contribution in [3.63, 3.8) is 0 Å². The molecule has 1 atom stereocenters. The summed E-state index contributed by atoms with van der Waals surface area (Å²) in [5, 5.41) is 5.43. The summed E-state index contributed by atoms with van der Waals surface area (Å²) in [6.45, 7) is 3.82. The van der Waals surface area contributed by atoms with Crippen LogP contribution in [0.1, 0.15) is 30.2 Å². The number of thioether (sulfide) groups is 1. The molecule has 0 bridgehead atoms. The minimum Gasteiger partial charge on any atom is -0.454 e. The highest BCUT2D eigenvalue weighted by atomic mass is 32.2. The van der Waals surface area contributed by atoms with Crippen LogP contribution in [0.3, 0.4) is 0 Å². The van der Waals surface area contributed by atoms with Gasteiger partial charge in [0.05, 0.1) is 11.3 Å². The molecule has 1 aliphatic heterocycles. The van der Waals surface area contributed by atoms with E-state index in [1.807, 2.05) is 13.8 Å². The van der Waals surface area contributed by atoms with Crippen LogP contribution < -0.4 is 10.6 Å². The Hall–Kier alpha value is -1.96. The van der Waals surface area contributed by atoms with Crippen molar-refractivity contribution < 1.29 is 18.8 Å². The molecular weight excluding hydrogens is 318 g/mol. The first kappa shape index (κ1) is 17.4. The van der Waals surface area contributed by atoms with Crippen molar-refractivity contribution in [3.05, 3.63) is 23.7 Å². The summed E-state index contributed by atoms with van der Waals surface area (Å²) < 4.78 is 4.89. The summed E-state index contributed by atoms with van der Waals surface area (Å²) in [7, 11) is 3.27. The molecule has 8 heteroatoms. The van der Waals surface area contributed by atoms with E-state index in [0.717, 1.165) is 0 Å². The Balaban J connectivity index is 1.88. The zero-order valence-corrected chi connectivity index (χ0v) is 14.5. The SMILES string of the molecule is CN(C)C(=O)c1ccc(CNC(=O)[C@@H]2CSC(C)(C)C(=O)N2)o1. The van der Waals surface area contributed by atoms with Gasteiger partial charge in [-0.25, -0.2) is 0 Å². The van der Waals surface area contributed by atoms with E-state index >= 15 is 0 Å². The van der Waals surface area contributed by atoms with Crippen molar-refractivity contribution in [3.8, 4) is 0 Å². The molecule has 2 N–H and O–H groups in total. The Morgan fingerprint density at radius 3 is 2.74 bits per heavy atom. The van der Waals surface area contributed by atoms with Crippen molar-refractivity contribution in [2.75, 3.05) is 19.8 Å². The molecule has 1 aromatic heterocycles. The molecule has 126 valence electrons. The number of rotatable bonds is 4. The van der Waals surface area contributed by atoms with E-state index in [1.165, 1.54) is 16.7 Å². The van der Waals surface area contributed by atoms with Crippen molar-refractivity contribution in [1.82, 2.24) is 15.5 Å². The van der Waals surface area contributed by atoms with Crippen molar-refractivity contribution in [1.29, 1.82) is 0 Å². The lowest BCUT2D eigenvalue weighted by atomic mass is 10.1. The second-order valence-corrected chi connectivity index (χ2v) is 7.67. The molecule has 2 rings (SSSR count). The second-order valence-electron chi connectivity index (χ2n) is 6.03. The quantitative estimate of drug-likeness (QED) is 0.838. The average molecular weight is 339 g/mol. The van der Waals surface area contributed by atoms with Crippen LogP contribution in [0.4, 0.5) is 0 Å². The van der Waals surface area contributed by atoms with Gasteiger partial charge in [-0.2, -0.15) is 0 Å². The summed E-state index contributed by atoms with van der Waals surface area (Å²) in [5.41, 5.74) is 0. The second kappa shape index (κ2) is 6.66. The van der Waals surface area contributed by atoms with Crippen molar-refractivity contribution in [2.45, 2.75) is 31.2 Å². The number of furan rings is 1. The lowest BCUT2D eigenvalue weighted by molar-refractivity contribution is -0.129. The van der Waals surface area contributed by atoms with Gasteiger partial charge >= 0.3 is 0 Å². The van der Waals surface area contributed by atoms with E-state index in [-0.39, 0.29) is 30.0 Å². The Bertz CT molecular complexity index is 624. The lowest BCUT2D eigenvalue weighted by Crippen LogP contribution is -2.56. The van der Waals surface area contributed by atoms with E-state index in [1.54, 1.807) is 26.2 Å². The van der Waals surface area contributed by atoms with Gasteiger partial charge in [-0.3, -0.25) is 14.4 Å². The van der Waals surface area contributed by atoms with E-state index in [0.29, 0.717) is 11.5 Å². The number of amides is 3. The predicted molar refractivity (Wildman–Crippen MR) is 87.0 cm³/mol. The molecule has 1 aromatic rings. The molecule has 0 radical (unpaired) electrons. The smallest absolute Gasteiger partial charge is 0.289 e. The van der Waals surface area contributed by atoms with Gasteiger partial charge in [-0.05, 0) is 26.0 Å². The van der Waals surface area contributed by atoms with E-state index in [9.17, 15) is 14.4 Å². The van der Waals surface area contributed by atoms with Gasteiger partial charge in [-0.15, -0.1) is 11.8 Å². The molecule has 3 amide bonds. The third-order valence-corrected chi connectivity index (χ3v) is 4.90. The molecular formula is C15H21N3O4S. The van der Waals surface area contributed by atoms with Crippen LogP contribution in [0.15, 0.2) is 16.5 Å². The third kappa shape index (κ3) is 4.07. The highest BCUT2D eigenvalue weighted by Crippen LogP contribution is 2.28. The molecule has 1 aliphatic rings. The minimum absolute atomic E-state index is 0.147. The summed E-state index contributed by atoms with van der Waals surface area (Å²) >= 11 is 1.45. The van der Waals surface area contributed by atoms with E-state index in [4.69, 9.17) is 4.42 Å². The predicted octanol–water partition coefficient (Wildman–Crippen LogP) is 0.608. The van der Waals surface area contributed by atoms with Crippen LogP contribution in [-0.2, 0) is 16.1 Å². The molecule has 0 aromatic carbocycles. The molecule has 1 saturated heterocycles. The molecule has 0 unspecified atom stereocenters. The topological polar surface area (TPSA) is 91.7 Å². The van der Waals surface area contributed by atoms with Crippen molar-refractivity contribution in [2.24, 2.45) is 0 Å². The average Bonchev–Trinajstić information content (AvgIpc) is 2.95. The molecule has 0 saturated carbocycles. The Morgan fingerprint density at radius 2 is 2.13 bits per heavy atom. The van der Waals surface area contributed by atoms with Gasteiger partial charge in [0, 0.05) is 19.8 Å². The van der Waals surface area contributed by atoms with Gasteiger partial charge in [0.25, 0.3) is 5.91 Å². The maximum Gasteiger partial charge on any atom is 0.289 e. The van der Waals surface area contributed by atoms with Crippen LogP contribution in [0.5, 0.6) is 0 Å². The van der Waals surface area contributed by atoms with Crippen LogP contribution in [0.25, 0.3) is 0 Å². The zero-order valence-electron chi connectivity index (χ0n) is 13.6. The number of carbonyl (C=O) groups is 3. The summed E-state index contributed by atoms with van der Waals surface area (Å²) in [5.74, 6) is 0.582. The van der Waals surface area contributed by atoms with E-state index in [2.05, 4.69) is 10.6 Å². The monoisotopic (exact) mass is 339 g/mol. The van der Waals surface area contributed by atoms with Crippen molar-refractivity contribution >= 4 is 29.5 Å². The molecule has 7 nitrogen and oxygen atoms in total. The van der Waals surface area contributed by atoms with Gasteiger partial charge in [-0.1, -0.05) is 0 Å². The van der Waals surface area contributed by atoms with Gasteiger partial charge in [0.1, 0.15) is 11.8 Å². The molecule has 0 spiro atoms. The Labute approximate surface area is 139 Å². The fraction of sp³-hybridized carbons (Fsp3) is 0.533. The number of nitrogens with zero attached hydrogens (tertiary/aromatic N) is 1. The first-order chi connectivity index (χ1) is 10.7. The maximum atomic E-state index is 12.1. The number of carbonyl (C=O) groups excluding carboxylic acids is 3. The minimum atomic E-state index is -0.557. The van der Waals surface area contributed by atoms with Gasteiger partial charge < -0.3 is 20.0 Å². The number of hydrogen-bond acceptors (Lipinski definition) is 5. The normalized spacial score (nSPS) is 19.8. The van der Waals surface area contributed by atoms with Gasteiger partial charge in [0.15, 0.2) is 5.76 Å². The zero-order chi connectivity index (χ0) is 17.2. The Kier molecular flexibility index (Phi) is 5.03. The number of hydrogen-bond donors (Lipinski definition) is 2. The fourth-order valence-corrected chi connectivity index (χ4v) is 2.99. The summed E-state index contributed by atoms with van der Waals surface area (Å²) in [4.78, 5) is 37.1. The molecule has 2 heterocycles. The van der Waals surface area contributed by atoms with Crippen LogP contribution in [-0.4, -0.2) is 53.3 Å². The third-order valence-electron chi connectivity index (χ3n) is 3.49. The summed E-state index contributed by atoms with van der Waals surface area (Å²) in [6, 6.07) is 2.66. The van der Waals surface area contributed by atoms with Crippen LogP contribution in [0, 0.1) is 0 Å². The molecule has 1 fully saturated rings. The van der Waals surface area contributed by atoms with E-state index < -0.39 is 10.8 Å². The number of nitrogens with one attached hydrogen (secondary N) is 2. The first-order valence-corrected chi connectivity index (χ1v) is 8.22. The largest absolute Gasteiger partial charge is 0.454 e. The molecule has 23 heavy (non-hydrogen) atoms. The summed E-state index contributed by atoms with van der Waals surface area (Å²) in [6.07, 6.45) is 0. The highest BCUT2D eigenvalue weighted by molar-refractivity contribution is 8.01.